The van der Waals surface area contributed by atoms with Gasteiger partial charge in [-0.05, 0) is 24.7 Å². The monoisotopic (exact) mass is 548 g/mol. The number of oxazole rings is 1. The number of amides is 2. The van der Waals surface area contributed by atoms with E-state index in [4.69, 9.17) is 20.0 Å². The summed E-state index contributed by atoms with van der Waals surface area (Å²) in [5.74, 6) is -1.53. The molecule has 2 aromatic heterocycles. The van der Waals surface area contributed by atoms with E-state index in [9.17, 15) is 14.4 Å². The van der Waals surface area contributed by atoms with E-state index in [0.717, 1.165) is 11.3 Å². The van der Waals surface area contributed by atoms with Crippen LogP contribution in [0.25, 0.3) is 0 Å². The molecule has 0 aliphatic carbocycles. The quantitative estimate of drug-likeness (QED) is 0.328. The summed E-state index contributed by atoms with van der Waals surface area (Å²) in [6.07, 6.45) is 0.752. The molecule has 208 valence electrons. The number of nitrogens with one attached hydrogen (secondary N) is 2. The van der Waals surface area contributed by atoms with Crippen molar-refractivity contribution in [2.75, 3.05) is 0 Å². The van der Waals surface area contributed by atoms with Gasteiger partial charge in [-0.2, -0.15) is 0 Å². The predicted octanol–water partition coefficient (Wildman–Crippen LogP) is 2.94. The van der Waals surface area contributed by atoms with Crippen LogP contribution >= 0.6 is 11.3 Å². The van der Waals surface area contributed by atoms with Crippen molar-refractivity contribution in [3.63, 3.8) is 0 Å². The number of aromatic nitrogens is 2. The smallest absolute Gasteiger partial charge is 0.355 e. The first-order chi connectivity index (χ1) is 17.8. The Morgan fingerprint density at radius 1 is 1.00 bits per heavy atom. The van der Waals surface area contributed by atoms with Crippen LogP contribution in [-0.4, -0.2) is 56.9 Å². The number of nitrogens with two attached hydrogens (primary N) is 1. The SMILES string of the molecule is CC(C)[C@H](N)C1=N[C@H](C(=O)N[C@H](c2nc(C(=O)N[C@H](c3nc(C(=O)O)cs3)C(C)C)co2)C(C)C)[C@@H](C)O1. The molecule has 13 heteroatoms. The Morgan fingerprint density at radius 3 is 2.21 bits per heavy atom. The zero-order valence-electron chi connectivity index (χ0n) is 22.6. The van der Waals surface area contributed by atoms with E-state index in [1.807, 2.05) is 41.5 Å². The Hall–Kier alpha value is -3.32. The number of aliphatic imine (C=N–C) groups is 1. The van der Waals surface area contributed by atoms with Crippen LogP contribution in [0.2, 0.25) is 0 Å². The summed E-state index contributed by atoms with van der Waals surface area (Å²) >= 11 is 1.16. The lowest BCUT2D eigenvalue weighted by Crippen LogP contribution is -2.41. The number of hydrogen-bond acceptors (Lipinski definition) is 10. The fraction of sp³-hybridized carbons (Fsp3) is 0.600. The molecule has 5 N–H and O–H groups in total. The molecule has 0 saturated heterocycles. The Balaban J connectivity index is 1.73. The molecule has 3 heterocycles. The molecule has 0 bridgehead atoms. The molecule has 38 heavy (non-hydrogen) atoms. The highest BCUT2D eigenvalue weighted by Gasteiger charge is 2.38. The fourth-order valence-corrected chi connectivity index (χ4v) is 4.81. The largest absolute Gasteiger partial charge is 0.476 e. The van der Waals surface area contributed by atoms with Crippen molar-refractivity contribution in [2.45, 2.75) is 78.7 Å². The van der Waals surface area contributed by atoms with Gasteiger partial charge < -0.3 is 30.6 Å². The third-order valence-electron chi connectivity index (χ3n) is 6.24. The maximum atomic E-state index is 13.1. The zero-order valence-corrected chi connectivity index (χ0v) is 23.4. The second-order valence-electron chi connectivity index (χ2n) is 10.4. The molecule has 0 aromatic carbocycles. The first kappa shape index (κ1) is 29.2. The van der Waals surface area contributed by atoms with Crippen molar-refractivity contribution in [3.8, 4) is 0 Å². The summed E-state index contributed by atoms with van der Waals surface area (Å²) in [7, 11) is 0. The zero-order chi connectivity index (χ0) is 28.3. The van der Waals surface area contributed by atoms with Crippen molar-refractivity contribution in [3.05, 3.63) is 33.9 Å². The topological polar surface area (TPSA) is 182 Å². The predicted molar refractivity (Wildman–Crippen MR) is 141 cm³/mol. The normalized spacial score (nSPS) is 19.7. The second kappa shape index (κ2) is 12.0. The van der Waals surface area contributed by atoms with Gasteiger partial charge in [-0.3, -0.25) is 9.59 Å². The molecule has 0 spiro atoms. The number of rotatable bonds is 11. The van der Waals surface area contributed by atoms with Gasteiger partial charge >= 0.3 is 5.97 Å². The molecule has 0 fully saturated rings. The van der Waals surface area contributed by atoms with Crippen LogP contribution in [0.1, 0.15) is 92.4 Å². The second-order valence-corrected chi connectivity index (χ2v) is 11.3. The van der Waals surface area contributed by atoms with Gasteiger partial charge in [-0.15, -0.1) is 11.3 Å². The van der Waals surface area contributed by atoms with E-state index < -0.39 is 42.1 Å². The molecule has 12 nitrogen and oxygen atoms in total. The third kappa shape index (κ3) is 6.57. The number of thiazole rings is 1. The summed E-state index contributed by atoms with van der Waals surface area (Å²) in [6.45, 7) is 13.2. The summed E-state index contributed by atoms with van der Waals surface area (Å²) in [4.78, 5) is 50.2. The molecule has 2 aromatic rings. The van der Waals surface area contributed by atoms with Gasteiger partial charge in [0.05, 0.1) is 12.1 Å². The van der Waals surface area contributed by atoms with E-state index >= 15 is 0 Å². The van der Waals surface area contributed by atoms with Crippen LogP contribution < -0.4 is 16.4 Å². The minimum Gasteiger partial charge on any atom is -0.476 e. The van der Waals surface area contributed by atoms with Crippen molar-refractivity contribution < 1.29 is 28.6 Å². The number of carboxylic acids is 1. The highest BCUT2D eigenvalue weighted by atomic mass is 32.1. The highest BCUT2D eigenvalue weighted by molar-refractivity contribution is 7.09. The van der Waals surface area contributed by atoms with Crippen molar-refractivity contribution in [1.82, 2.24) is 20.6 Å². The van der Waals surface area contributed by atoms with E-state index in [-0.39, 0.29) is 40.9 Å². The van der Waals surface area contributed by atoms with E-state index in [1.165, 1.54) is 11.6 Å². The summed E-state index contributed by atoms with van der Waals surface area (Å²) in [5.41, 5.74) is 6.10. The van der Waals surface area contributed by atoms with Gasteiger partial charge in [0.25, 0.3) is 5.91 Å². The molecule has 1 aliphatic rings. The number of hydrogen-bond donors (Lipinski definition) is 4. The van der Waals surface area contributed by atoms with Crippen LogP contribution in [0.15, 0.2) is 21.1 Å². The number of carboxylic acid groups (broad SMARTS) is 1. The molecule has 1 aliphatic heterocycles. The van der Waals surface area contributed by atoms with E-state index in [0.29, 0.717) is 10.9 Å². The number of ether oxygens (including phenoxy) is 1. The molecular weight excluding hydrogens is 512 g/mol. The first-order valence-corrected chi connectivity index (χ1v) is 13.4. The molecule has 2 amide bonds. The average Bonchev–Trinajstić information content (AvgIpc) is 3.59. The lowest BCUT2D eigenvalue weighted by Gasteiger charge is -2.21. The molecule has 3 rings (SSSR count). The van der Waals surface area contributed by atoms with Crippen LogP contribution in [-0.2, 0) is 9.53 Å². The summed E-state index contributed by atoms with van der Waals surface area (Å²) in [5, 5.41) is 16.9. The minimum absolute atomic E-state index is 0.0290. The molecule has 5 atom stereocenters. The lowest BCUT2D eigenvalue weighted by molar-refractivity contribution is -0.124. The standard InChI is InChI=1S/C25H36N6O6S/c1-10(2)16(26)22-31-19(13(7)37-22)21(33)29-17(11(3)4)23-27-14(8-36-23)20(32)30-18(12(5)6)24-28-15(9-38-24)25(34)35/h8-13,16-19H,26H2,1-7H3,(H,29,33)(H,30,32)(H,34,35)/t13-,16+,17+,18+,19+/m1/s1. The number of carbonyl (C=O) groups is 3. The summed E-state index contributed by atoms with van der Waals surface area (Å²) in [6, 6.07) is -2.31. The Morgan fingerprint density at radius 2 is 1.66 bits per heavy atom. The first-order valence-electron chi connectivity index (χ1n) is 12.5. The molecular formula is C25H36N6O6S. The number of nitrogens with zero attached hydrogens (tertiary/aromatic N) is 3. The maximum absolute atomic E-state index is 13.1. The van der Waals surface area contributed by atoms with Crippen LogP contribution in [0.4, 0.5) is 0 Å². The molecule has 0 saturated carbocycles. The Labute approximate surface area is 225 Å². The Bertz CT molecular complexity index is 1190. The van der Waals surface area contributed by atoms with Gasteiger partial charge in [0.15, 0.2) is 17.4 Å². The van der Waals surface area contributed by atoms with Crippen molar-refractivity contribution >= 4 is 35.0 Å². The van der Waals surface area contributed by atoms with Crippen molar-refractivity contribution in [2.24, 2.45) is 28.5 Å². The van der Waals surface area contributed by atoms with Crippen LogP contribution in [0, 0.1) is 17.8 Å². The van der Waals surface area contributed by atoms with Gasteiger partial charge in [0.1, 0.15) is 23.4 Å². The van der Waals surface area contributed by atoms with Crippen molar-refractivity contribution in [1.29, 1.82) is 0 Å². The molecule has 0 radical (unpaired) electrons. The van der Waals surface area contributed by atoms with E-state index in [1.54, 1.807) is 6.92 Å². The maximum Gasteiger partial charge on any atom is 0.355 e. The Kier molecular flexibility index (Phi) is 9.26. The van der Waals surface area contributed by atoms with Gasteiger partial charge in [0, 0.05) is 5.38 Å². The number of carbonyl (C=O) groups excluding carboxylic acids is 2. The van der Waals surface area contributed by atoms with Crippen LogP contribution in [0.5, 0.6) is 0 Å². The molecule has 0 unspecified atom stereocenters. The van der Waals surface area contributed by atoms with Gasteiger partial charge in [-0.25, -0.2) is 19.8 Å². The van der Waals surface area contributed by atoms with Crippen LogP contribution in [0.3, 0.4) is 0 Å². The fourth-order valence-electron chi connectivity index (χ4n) is 3.79. The van der Waals surface area contributed by atoms with Gasteiger partial charge in [0.2, 0.25) is 17.7 Å². The third-order valence-corrected chi connectivity index (χ3v) is 7.16. The summed E-state index contributed by atoms with van der Waals surface area (Å²) < 4.78 is 11.4. The minimum atomic E-state index is -1.13. The lowest BCUT2D eigenvalue weighted by atomic mass is 10.0. The van der Waals surface area contributed by atoms with Gasteiger partial charge in [-0.1, -0.05) is 41.5 Å². The number of aromatic carboxylic acids is 1. The van der Waals surface area contributed by atoms with E-state index in [2.05, 4.69) is 25.6 Å². The highest BCUT2D eigenvalue weighted by Crippen LogP contribution is 2.27. The average molecular weight is 549 g/mol.